The Labute approximate surface area is 159 Å². The molecule has 1 fully saturated rings. The predicted octanol–water partition coefficient (Wildman–Crippen LogP) is 1.29. The zero-order valence-corrected chi connectivity index (χ0v) is 15.9. The van der Waals surface area contributed by atoms with E-state index in [1.807, 2.05) is 24.4 Å². The van der Waals surface area contributed by atoms with Crippen LogP contribution in [0.2, 0.25) is 0 Å². The molecule has 0 amide bonds. The van der Waals surface area contributed by atoms with Crippen molar-refractivity contribution in [3.63, 3.8) is 0 Å². The molecule has 1 aliphatic rings. The number of aromatic amines is 1. The van der Waals surface area contributed by atoms with Crippen molar-refractivity contribution in [3.05, 3.63) is 30.6 Å². The van der Waals surface area contributed by atoms with Crippen molar-refractivity contribution in [1.82, 2.24) is 30.0 Å². The number of rotatable bonds is 5. The maximum atomic E-state index is 6.28. The van der Waals surface area contributed by atoms with Crippen LogP contribution in [0.4, 0.5) is 11.8 Å². The average molecular weight is 366 g/mol. The highest BCUT2D eigenvalue weighted by atomic mass is 15.3. The Bertz CT molecular complexity index is 897. The normalized spacial score (nSPS) is 15.7. The summed E-state index contributed by atoms with van der Waals surface area (Å²) in [7, 11) is 4.22. The Morgan fingerprint density at radius 1 is 1.11 bits per heavy atom. The molecule has 0 atom stereocenters. The Morgan fingerprint density at radius 3 is 2.63 bits per heavy atom. The fourth-order valence-corrected chi connectivity index (χ4v) is 3.38. The van der Waals surface area contributed by atoms with Gasteiger partial charge in [-0.15, -0.1) is 0 Å². The van der Waals surface area contributed by atoms with Crippen LogP contribution in [-0.2, 0) is 0 Å². The number of H-pyrrole nitrogens is 1. The van der Waals surface area contributed by atoms with Crippen LogP contribution in [0.25, 0.3) is 22.0 Å². The number of benzene rings is 1. The number of nitrogens with two attached hydrogens (primary N) is 1. The molecule has 0 spiro atoms. The standard InChI is InChI=1S/C19H26N8/c1-25(2)5-6-26-7-9-27(10-8-26)19-23-17-4-3-14(15-12-21-22-13-15)11-16(17)18(20)24-19/h3-4,11-13H,5-10H2,1-2H3,(H,21,22)(H2,20,23,24). The molecule has 4 rings (SSSR count). The Balaban J connectivity index is 1.51. The number of likely N-dealkylation sites (N-methyl/N-ethyl adjacent to an activating group) is 1. The van der Waals surface area contributed by atoms with Crippen LogP contribution < -0.4 is 10.6 Å². The molecule has 142 valence electrons. The quantitative estimate of drug-likeness (QED) is 0.703. The first-order valence-corrected chi connectivity index (χ1v) is 9.28. The average Bonchev–Trinajstić information content (AvgIpc) is 3.21. The van der Waals surface area contributed by atoms with Crippen molar-refractivity contribution in [3.8, 4) is 11.1 Å². The van der Waals surface area contributed by atoms with Gasteiger partial charge in [0.05, 0.1) is 11.7 Å². The van der Waals surface area contributed by atoms with Crippen LogP contribution >= 0.6 is 0 Å². The third-order valence-corrected chi connectivity index (χ3v) is 5.06. The molecular formula is C19H26N8. The predicted molar refractivity (Wildman–Crippen MR) is 109 cm³/mol. The van der Waals surface area contributed by atoms with Crippen LogP contribution in [-0.4, -0.2) is 83.3 Å². The van der Waals surface area contributed by atoms with E-state index in [4.69, 9.17) is 10.7 Å². The molecule has 0 saturated carbocycles. The van der Waals surface area contributed by atoms with E-state index in [2.05, 4.69) is 44.0 Å². The van der Waals surface area contributed by atoms with Crippen LogP contribution in [0.1, 0.15) is 0 Å². The van der Waals surface area contributed by atoms with Gasteiger partial charge < -0.3 is 15.5 Å². The molecule has 1 aliphatic heterocycles. The summed E-state index contributed by atoms with van der Waals surface area (Å²) in [5.41, 5.74) is 9.22. The third kappa shape index (κ3) is 3.86. The molecule has 8 heteroatoms. The van der Waals surface area contributed by atoms with E-state index < -0.39 is 0 Å². The molecule has 1 aromatic carbocycles. The molecule has 3 N–H and O–H groups in total. The number of hydrogen-bond acceptors (Lipinski definition) is 7. The van der Waals surface area contributed by atoms with E-state index in [0.717, 1.165) is 67.2 Å². The first-order chi connectivity index (χ1) is 13.1. The summed E-state index contributed by atoms with van der Waals surface area (Å²) < 4.78 is 0. The summed E-state index contributed by atoms with van der Waals surface area (Å²) in [5, 5.41) is 7.72. The summed E-state index contributed by atoms with van der Waals surface area (Å²) >= 11 is 0. The van der Waals surface area contributed by atoms with Crippen molar-refractivity contribution in [1.29, 1.82) is 0 Å². The van der Waals surface area contributed by atoms with Gasteiger partial charge >= 0.3 is 0 Å². The molecule has 8 nitrogen and oxygen atoms in total. The Kier molecular flexibility index (Phi) is 4.91. The second kappa shape index (κ2) is 7.50. The fraction of sp³-hybridized carbons (Fsp3) is 0.421. The van der Waals surface area contributed by atoms with Gasteiger partial charge in [-0.2, -0.15) is 10.1 Å². The number of aromatic nitrogens is 4. The maximum absolute atomic E-state index is 6.28. The minimum atomic E-state index is 0.524. The van der Waals surface area contributed by atoms with Crippen LogP contribution in [0.3, 0.4) is 0 Å². The van der Waals surface area contributed by atoms with Gasteiger partial charge in [0.25, 0.3) is 0 Å². The van der Waals surface area contributed by atoms with Gasteiger partial charge in [0, 0.05) is 56.4 Å². The van der Waals surface area contributed by atoms with E-state index in [9.17, 15) is 0 Å². The summed E-state index contributed by atoms with van der Waals surface area (Å²) in [4.78, 5) is 16.3. The number of anilines is 2. The zero-order chi connectivity index (χ0) is 18.8. The molecule has 0 aliphatic carbocycles. The third-order valence-electron chi connectivity index (χ3n) is 5.06. The second-order valence-corrected chi connectivity index (χ2v) is 7.26. The van der Waals surface area contributed by atoms with Gasteiger partial charge in [0.1, 0.15) is 5.82 Å². The molecule has 27 heavy (non-hydrogen) atoms. The highest BCUT2D eigenvalue weighted by Gasteiger charge is 2.20. The van der Waals surface area contributed by atoms with Crippen molar-refractivity contribution in [2.75, 3.05) is 64.0 Å². The Morgan fingerprint density at radius 2 is 1.93 bits per heavy atom. The van der Waals surface area contributed by atoms with E-state index in [-0.39, 0.29) is 0 Å². The molecule has 3 heterocycles. The van der Waals surface area contributed by atoms with Crippen molar-refractivity contribution in [2.24, 2.45) is 0 Å². The molecule has 0 unspecified atom stereocenters. The number of nitrogens with one attached hydrogen (secondary N) is 1. The first kappa shape index (κ1) is 17.7. The van der Waals surface area contributed by atoms with Crippen LogP contribution in [0.5, 0.6) is 0 Å². The van der Waals surface area contributed by atoms with E-state index in [1.54, 1.807) is 6.20 Å². The minimum absolute atomic E-state index is 0.524. The second-order valence-electron chi connectivity index (χ2n) is 7.26. The molecule has 0 radical (unpaired) electrons. The lowest BCUT2D eigenvalue weighted by atomic mass is 10.1. The lowest BCUT2D eigenvalue weighted by Crippen LogP contribution is -2.48. The lowest BCUT2D eigenvalue weighted by Gasteiger charge is -2.35. The van der Waals surface area contributed by atoms with Crippen LogP contribution in [0, 0.1) is 0 Å². The highest BCUT2D eigenvalue weighted by molar-refractivity contribution is 5.92. The van der Waals surface area contributed by atoms with Gasteiger partial charge in [0.2, 0.25) is 5.95 Å². The highest BCUT2D eigenvalue weighted by Crippen LogP contribution is 2.27. The number of fused-ring (bicyclic) bond motifs is 1. The number of nitrogens with zero attached hydrogens (tertiary/aromatic N) is 6. The number of nitrogen functional groups attached to an aromatic ring is 1. The fourth-order valence-electron chi connectivity index (χ4n) is 3.38. The van der Waals surface area contributed by atoms with Gasteiger partial charge in [-0.25, -0.2) is 4.98 Å². The van der Waals surface area contributed by atoms with E-state index in [1.165, 1.54) is 0 Å². The van der Waals surface area contributed by atoms with Crippen LogP contribution in [0.15, 0.2) is 30.6 Å². The lowest BCUT2D eigenvalue weighted by molar-refractivity contribution is 0.229. The number of piperazine rings is 1. The summed E-state index contributed by atoms with van der Waals surface area (Å²) in [6.45, 7) is 6.07. The molecule has 0 bridgehead atoms. The SMILES string of the molecule is CN(C)CCN1CCN(c2nc(N)c3cc(-c4cn[nH]c4)ccc3n2)CC1. The van der Waals surface area contributed by atoms with E-state index >= 15 is 0 Å². The summed E-state index contributed by atoms with van der Waals surface area (Å²) in [6.07, 6.45) is 3.66. The van der Waals surface area contributed by atoms with Gasteiger partial charge in [-0.3, -0.25) is 10.00 Å². The molecule has 3 aromatic rings. The molecular weight excluding hydrogens is 340 g/mol. The molecule has 1 saturated heterocycles. The van der Waals surface area contributed by atoms with Crippen molar-refractivity contribution >= 4 is 22.7 Å². The first-order valence-electron chi connectivity index (χ1n) is 9.28. The van der Waals surface area contributed by atoms with Crippen molar-refractivity contribution < 1.29 is 0 Å². The Hall–Kier alpha value is -2.71. The number of hydrogen-bond donors (Lipinski definition) is 2. The van der Waals surface area contributed by atoms with Gasteiger partial charge in [-0.05, 0) is 31.8 Å². The van der Waals surface area contributed by atoms with E-state index in [0.29, 0.717) is 5.82 Å². The summed E-state index contributed by atoms with van der Waals surface area (Å²) in [6, 6.07) is 6.08. The van der Waals surface area contributed by atoms with Gasteiger partial charge in [-0.1, -0.05) is 6.07 Å². The molecule has 2 aromatic heterocycles. The van der Waals surface area contributed by atoms with Gasteiger partial charge in [0.15, 0.2) is 0 Å². The minimum Gasteiger partial charge on any atom is -0.383 e. The van der Waals surface area contributed by atoms with Crippen molar-refractivity contribution in [2.45, 2.75) is 0 Å². The summed E-state index contributed by atoms with van der Waals surface area (Å²) in [5.74, 6) is 1.25. The monoisotopic (exact) mass is 366 g/mol. The smallest absolute Gasteiger partial charge is 0.227 e. The maximum Gasteiger partial charge on any atom is 0.227 e. The largest absolute Gasteiger partial charge is 0.383 e. The topological polar surface area (TPSA) is 90.2 Å². The zero-order valence-electron chi connectivity index (χ0n) is 15.9.